The molecule has 1 amide bonds. The lowest BCUT2D eigenvalue weighted by Gasteiger charge is -2.23. The van der Waals surface area contributed by atoms with Crippen LogP contribution in [0.25, 0.3) is 0 Å². The Morgan fingerprint density at radius 2 is 2.12 bits per heavy atom. The molecule has 0 aliphatic heterocycles. The van der Waals surface area contributed by atoms with Crippen LogP contribution in [0.1, 0.15) is 53.4 Å². The highest BCUT2D eigenvalue weighted by atomic mass is 16.2. The first-order valence-corrected chi connectivity index (χ1v) is 6.94. The van der Waals surface area contributed by atoms with Crippen LogP contribution in [0, 0.1) is 11.3 Å². The third-order valence-electron chi connectivity index (χ3n) is 4.00. The number of carbonyl (C=O) groups is 1. The van der Waals surface area contributed by atoms with Crippen LogP contribution in [0.5, 0.6) is 0 Å². The van der Waals surface area contributed by atoms with Crippen LogP contribution < -0.4 is 0 Å². The second kappa shape index (κ2) is 6.23. The summed E-state index contributed by atoms with van der Waals surface area (Å²) in [6.45, 7) is 10.0. The molecule has 1 aliphatic rings. The maximum absolute atomic E-state index is 11.4. The molecule has 0 aromatic rings. The van der Waals surface area contributed by atoms with Crippen molar-refractivity contribution in [3.8, 4) is 0 Å². The van der Waals surface area contributed by atoms with Crippen molar-refractivity contribution in [2.45, 2.75) is 53.4 Å². The molecule has 0 spiro atoms. The van der Waals surface area contributed by atoms with Crippen molar-refractivity contribution in [1.82, 2.24) is 4.90 Å². The fraction of sp³-hybridized carbons (Fsp3) is 0.800. The highest BCUT2D eigenvalue weighted by Crippen LogP contribution is 2.55. The van der Waals surface area contributed by atoms with E-state index in [1.807, 2.05) is 4.90 Å². The Balaban J connectivity index is 2.31. The van der Waals surface area contributed by atoms with E-state index in [0.29, 0.717) is 5.41 Å². The van der Waals surface area contributed by atoms with Gasteiger partial charge >= 0.3 is 0 Å². The molecule has 2 nitrogen and oxygen atoms in total. The summed E-state index contributed by atoms with van der Waals surface area (Å²) in [6.07, 6.45) is 9.43. The maximum Gasteiger partial charge on any atom is 0.219 e. The van der Waals surface area contributed by atoms with Gasteiger partial charge in [-0.05, 0) is 43.9 Å². The highest BCUT2D eigenvalue weighted by molar-refractivity contribution is 5.73. The van der Waals surface area contributed by atoms with Gasteiger partial charge in [-0.1, -0.05) is 26.0 Å². The van der Waals surface area contributed by atoms with Crippen LogP contribution in [0.3, 0.4) is 0 Å². The first-order chi connectivity index (χ1) is 8.03. The van der Waals surface area contributed by atoms with Crippen molar-refractivity contribution >= 4 is 5.91 Å². The molecule has 2 unspecified atom stereocenters. The predicted molar refractivity (Wildman–Crippen MR) is 72.8 cm³/mol. The summed E-state index contributed by atoms with van der Waals surface area (Å²) >= 11 is 0. The van der Waals surface area contributed by atoms with Gasteiger partial charge in [-0.15, -0.1) is 0 Å². The molecule has 0 bridgehead atoms. The summed E-state index contributed by atoms with van der Waals surface area (Å²) in [7, 11) is 0. The van der Waals surface area contributed by atoms with E-state index in [1.165, 1.54) is 19.3 Å². The molecule has 1 saturated carbocycles. The van der Waals surface area contributed by atoms with Crippen LogP contribution in [0.2, 0.25) is 0 Å². The van der Waals surface area contributed by atoms with Crippen molar-refractivity contribution in [2.24, 2.45) is 11.3 Å². The Labute approximate surface area is 106 Å². The molecule has 0 aromatic carbocycles. The molecule has 2 atom stereocenters. The lowest BCUT2D eigenvalue weighted by Crippen LogP contribution is -2.34. The van der Waals surface area contributed by atoms with E-state index in [9.17, 15) is 4.79 Å². The fourth-order valence-corrected chi connectivity index (χ4v) is 2.61. The minimum atomic E-state index is 0.213. The summed E-state index contributed by atoms with van der Waals surface area (Å²) < 4.78 is 0. The Hall–Kier alpha value is -0.790. The van der Waals surface area contributed by atoms with Crippen molar-refractivity contribution in [3.63, 3.8) is 0 Å². The van der Waals surface area contributed by atoms with E-state index in [-0.39, 0.29) is 5.91 Å². The van der Waals surface area contributed by atoms with Crippen LogP contribution >= 0.6 is 0 Å². The van der Waals surface area contributed by atoms with Gasteiger partial charge in [-0.3, -0.25) is 4.79 Å². The number of amides is 1. The van der Waals surface area contributed by atoms with Gasteiger partial charge in [0.15, 0.2) is 0 Å². The molecule has 17 heavy (non-hydrogen) atoms. The molecule has 1 rings (SSSR count). The Kier molecular flexibility index (Phi) is 5.23. The van der Waals surface area contributed by atoms with Gasteiger partial charge in [0, 0.05) is 20.0 Å². The lowest BCUT2D eigenvalue weighted by atomic mass is 10.0. The number of nitrogens with zero attached hydrogens (tertiary/aromatic N) is 1. The molecular weight excluding hydrogens is 210 g/mol. The van der Waals surface area contributed by atoms with E-state index in [4.69, 9.17) is 0 Å². The van der Waals surface area contributed by atoms with Gasteiger partial charge in [-0.2, -0.15) is 0 Å². The zero-order chi connectivity index (χ0) is 12.9. The second-order valence-electron chi connectivity index (χ2n) is 5.55. The van der Waals surface area contributed by atoms with E-state index in [1.54, 1.807) is 6.92 Å². The third kappa shape index (κ3) is 4.18. The van der Waals surface area contributed by atoms with Crippen molar-refractivity contribution in [3.05, 3.63) is 12.2 Å². The molecular formula is C15H27NO. The van der Waals surface area contributed by atoms with Gasteiger partial charge in [0.25, 0.3) is 0 Å². The molecule has 0 heterocycles. The molecule has 0 saturated heterocycles. The first-order valence-electron chi connectivity index (χ1n) is 6.94. The summed E-state index contributed by atoms with van der Waals surface area (Å²) in [4.78, 5) is 13.4. The fourth-order valence-electron chi connectivity index (χ4n) is 2.61. The zero-order valence-corrected chi connectivity index (χ0v) is 11.8. The normalized spacial score (nSPS) is 27.4. The third-order valence-corrected chi connectivity index (χ3v) is 4.00. The van der Waals surface area contributed by atoms with E-state index in [2.05, 4.69) is 32.9 Å². The number of allylic oxidation sites excluding steroid dienone is 2. The van der Waals surface area contributed by atoms with Crippen LogP contribution in [-0.2, 0) is 4.79 Å². The Morgan fingerprint density at radius 1 is 1.41 bits per heavy atom. The van der Waals surface area contributed by atoms with Gasteiger partial charge in [0.05, 0.1) is 0 Å². The molecule has 98 valence electrons. The first kappa shape index (κ1) is 14.3. The molecule has 0 radical (unpaired) electrons. The van der Waals surface area contributed by atoms with Crippen molar-refractivity contribution in [2.75, 3.05) is 13.1 Å². The number of carbonyl (C=O) groups excluding carboxylic acids is 1. The monoisotopic (exact) mass is 237 g/mol. The highest BCUT2D eigenvalue weighted by Gasteiger charge is 2.49. The summed E-state index contributed by atoms with van der Waals surface area (Å²) in [5.74, 6) is 1.03. The summed E-state index contributed by atoms with van der Waals surface area (Å²) in [6, 6.07) is 0. The molecule has 0 N–H and O–H groups in total. The molecule has 0 aromatic heterocycles. The van der Waals surface area contributed by atoms with Gasteiger partial charge < -0.3 is 4.90 Å². The second-order valence-corrected chi connectivity index (χ2v) is 5.55. The zero-order valence-electron chi connectivity index (χ0n) is 11.8. The van der Waals surface area contributed by atoms with Crippen LogP contribution in [0.15, 0.2) is 12.2 Å². The van der Waals surface area contributed by atoms with Gasteiger partial charge in [0.2, 0.25) is 5.91 Å². The SMILES string of the molecule is CCC=CCCC1CC1(C)CN(CC)C(C)=O. The molecule has 1 aliphatic carbocycles. The average molecular weight is 237 g/mol. The van der Waals surface area contributed by atoms with Gasteiger partial charge in [-0.25, -0.2) is 0 Å². The number of hydrogen-bond donors (Lipinski definition) is 0. The summed E-state index contributed by atoms with van der Waals surface area (Å²) in [5, 5.41) is 0. The average Bonchev–Trinajstić information content (AvgIpc) is 2.92. The topological polar surface area (TPSA) is 20.3 Å². The minimum Gasteiger partial charge on any atom is -0.343 e. The Morgan fingerprint density at radius 3 is 2.65 bits per heavy atom. The van der Waals surface area contributed by atoms with E-state index in [0.717, 1.165) is 25.4 Å². The quantitative estimate of drug-likeness (QED) is 0.619. The number of rotatable bonds is 7. The van der Waals surface area contributed by atoms with Crippen LogP contribution in [0.4, 0.5) is 0 Å². The lowest BCUT2D eigenvalue weighted by molar-refractivity contribution is -0.129. The van der Waals surface area contributed by atoms with Gasteiger partial charge in [0.1, 0.15) is 0 Å². The standard InChI is InChI=1S/C15H27NO/c1-5-7-8-9-10-14-11-15(14,4)12-16(6-2)13(3)17/h7-8,14H,5-6,9-12H2,1-4H3. The van der Waals surface area contributed by atoms with E-state index < -0.39 is 0 Å². The molecule has 2 heteroatoms. The smallest absolute Gasteiger partial charge is 0.219 e. The van der Waals surface area contributed by atoms with Crippen LogP contribution in [-0.4, -0.2) is 23.9 Å². The minimum absolute atomic E-state index is 0.213. The Bertz CT molecular complexity index is 285. The van der Waals surface area contributed by atoms with E-state index >= 15 is 0 Å². The summed E-state index contributed by atoms with van der Waals surface area (Å²) in [5.41, 5.74) is 0.391. The maximum atomic E-state index is 11.4. The van der Waals surface area contributed by atoms with Crippen molar-refractivity contribution in [1.29, 1.82) is 0 Å². The van der Waals surface area contributed by atoms with Crippen molar-refractivity contribution < 1.29 is 4.79 Å². The number of hydrogen-bond acceptors (Lipinski definition) is 1. The largest absolute Gasteiger partial charge is 0.343 e. The molecule has 1 fully saturated rings. The predicted octanol–water partition coefficient (Wildman–Crippen LogP) is 3.63.